The van der Waals surface area contributed by atoms with E-state index in [2.05, 4.69) is 15.0 Å². The van der Waals surface area contributed by atoms with Crippen LogP contribution in [0.2, 0.25) is 0 Å². The molecule has 0 N–H and O–H groups in total. The Balaban J connectivity index is 1.54. The molecule has 1 aromatic carbocycles. The Morgan fingerprint density at radius 1 is 1.26 bits per heavy atom. The summed E-state index contributed by atoms with van der Waals surface area (Å²) in [6, 6.07) is 7.49. The van der Waals surface area contributed by atoms with Crippen LogP contribution in [0, 0.1) is 6.92 Å². The molecule has 3 heterocycles. The average Bonchev–Trinajstić information content (AvgIpc) is 3.15. The first-order valence-electron chi connectivity index (χ1n) is 10.6. The fraction of sp³-hybridized carbons (Fsp3) is 0.478. The van der Waals surface area contributed by atoms with Gasteiger partial charge in [0.05, 0.1) is 24.8 Å². The third-order valence-electron chi connectivity index (χ3n) is 5.76. The molecule has 0 spiro atoms. The van der Waals surface area contributed by atoms with E-state index >= 15 is 0 Å². The van der Waals surface area contributed by atoms with E-state index in [0.29, 0.717) is 29.1 Å². The van der Waals surface area contributed by atoms with Crippen LogP contribution in [0.1, 0.15) is 54.6 Å². The minimum atomic E-state index is -2.60. The van der Waals surface area contributed by atoms with Gasteiger partial charge in [-0.1, -0.05) is 11.2 Å². The zero-order valence-corrected chi connectivity index (χ0v) is 18.0. The standard InChI is InChI=1S/C23H27F2N3O3/c1-4-30-19-8-7-15(10-20(19)29-3)12-28-9-5-6-16(13-28)18-11-17(22(24)25)21-14(2)27-31-23(21)26-18/h7-8,10-11,16,22H,4-6,9,12-13H2,1-3H3/t16-/m1/s1. The lowest BCUT2D eigenvalue weighted by molar-refractivity contribution is 0.152. The van der Waals surface area contributed by atoms with Crippen molar-refractivity contribution in [2.45, 2.75) is 45.6 Å². The molecule has 0 amide bonds. The summed E-state index contributed by atoms with van der Waals surface area (Å²) < 4.78 is 43.7. The largest absolute Gasteiger partial charge is 0.493 e. The van der Waals surface area contributed by atoms with Crippen LogP contribution in [0.4, 0.5) is 8.78 Å². The number of methoxy groups -OCH3 is 1. The summed E-state index contributed by atoms with van der Waals surface area (Å²) in [7, 11) is 1.63. The number of alkyl halides is 2. The molecule has 1 fully saturated rings. The summed E-state index contributed by atoms with van der Waals surface area (Å²) in [4.78, 5) is 6.86. The van der Waals surface area contributed by atoms with Crippen molar-refractivity contribution >= 4 is 11.1 Å². The van der Waals surface area contributed by atoms with Gasteiger partial charge < -0.3 is 14.0 Å². The lowest BCUT2D eigenvalue weighted by Crippen LogP contribution is -2.34. The van der Waals surface area contributed by atoms with Crippen LogP contribution < -0.4 is 9.47 Å². The maximum atomic E-state index is 13.7. The molecule has 1 aliphatic heterocycles. The van der Waals surface area contributed by atoms with Gasteiger partial charge in [-0.3, -0.25) is 4.90 Å². The molecule has 4 rings (SSSR count). The van der Waals surface area contributed by atoms with E-state index in [4.69, 9.17) is 14.0 Å². The molecular formula is C23H27F2N3O3. The van der Waals surface area contributed by atoms with E-state index in [1.165, 1.54) is 6.07 Å². The molecule has 6 nitrogen and oxygen atoms in total. The van der Waals surface area contributed by atoms with Gasteiger partial charge in [0.25, 0.3) is 12.1 Å². The smallest absolute Gasteiger partial charge is 0.264 e. The maximum Gasteiger partial charge on any atom is 0.264 e. The summed E-state index contributed by atoms with van der Waals surface area (Å²) in [6.45, 7) is 6.59. The first-order chi connectivity index (χ1) is 15.0. The van der Waals surface area contributed by atoms with Gasteiger partial charge in [-0.2, -0.15) is 0 Å². The summed E-state index contributed by atoms with van der Waals surface area (Å²) in [6.07, 6.45) is -0.728. The SMILES string of the molecule is CCOc1ccc(CN2CCC[C@@H](c3cc(C(F)F)c4c(C)noc4n3)C2)cc1OC. The van der Waals surface area contributed by atoms with Crippen LogP contribution in [0.15, 0.2) is 28.8 Å². The topological polar surface area (TPSA) is 60.6 Å². The Labute approximate surface area is 180 Å². The van der Waals surface area contributed by atoms with Gasteiger partial charge in [0.1, 0.15) is 0 Å². The van der Waals surface area contributed by atoms with Gasteiger partial charge in [0.2, 0.25) is 0 Å². The number of hydrogen-bond acceptors (Lipinski definition) is 6. The van der Waals surface area contributed by atoms with Crippen LogP contribution in [-0.2, 0) is 6.54 Å². The Kier molecular flexibility index (Phi) is 6.36. The number of rotatable bonds is 7. The molecule has 0 saturated carbocycles. The van der Waals surface area contributed by atoms with E-state index in [-0.39, 0.29) is 17.2 Å². The first kappa shape index (κ1) is 21.5. The summed E-state index contributed by atoms with van der Waals surface area (Å²) in [5.74, 6) is 1.50. The van der Waals surface area contributed by atoms with E-state index in [0.717, 1.165) is 43.8 Å². The van der Waals surface area contributed by atoms with Crippen molar-refractivity contribution in [3.8, 4) is 11.5 Å². The van der Waals surface area contributed by atoms with Gasteiger partial charge in [0.15, 0.2) is 11.5 Å². The van der Waals surface area contributed by atoms with E-state index in [9.17, 15) is 8.78 Å². The lowest BCUT2D eigenvalue weighted by atomic mass is 9.92. The quantitative estimate of drug-likeness (QED) is 0.509. The van der Waals surface area contributed by atoms with Crippen molar-refractivity contribution < 1.29 is 22.8 Å². The number of pyridine rings is 1. The number of likely N-dealkylation sites (tertiary alicyclic amines) is 1. The maximum absolute atomic E-state index is 13.7. The highest BCUT2D eigenvalue weighted by Crippen LogP contribution is 2.35. The average molecular weight is 431 g/mol. The van der Waals surface area contributed by atoms with Crippen molar-refractivity contribution in [3.05, 3.63) is 46.8 Å². The zero-order valence-electron chi connectivity index (χ0n) is 18.0. The predicted octanol–water partition coefficient (Wildman–Crippen LogP) is 5.26. The van der Waals surface area contributed by atoms with E-state index in [1.807, 2.05) is 25.1 Å². The first-order valence-corrected chi connectivity index (χ1v) is 10.6. The molecule has 2 aromatic heterocycles. The zero-order chi connectivity index (χ0) is 22.0. The molecule has 0 radical (unpaired) electrons. The lowest BCUT2D eigenvalue weighted by Gasteiger charge is -2.32. The summed E-state index contributed by atoms with van der Waals surface area (Å²) >= 11 is 0. The van der Waals surface area contributed by atoms with E-state index in [1.54, 1.807) is 14.0 Å². The normalized spacial score (nSPS) is 17.4. The third kappa shape index (κ3) is 4.49. The number of halogens is 2. The van der Waals surface area contributed by atoms with Crippen molar-refractivity contribution in [1.82, 2.24) is 15.0 Å². The minimum Gasteiger partial charge on any atom is -0.493 e. The Hall–Kier alpha value is -2.74. The number of piperidine rings is 1. The second-order valence-corrected chi connectivity index (χ2v) is 7.88. The minimum absolute atomic E-state index is 0.0490. The van der Waals surface area contributed by atoms with Gasteiger partial charge in [-0.05, 0) is 57.0 Å². The molecule has 0 unspecified atom stereocenters. The van der Waals surface area contributed by atoms with Crippen molar-refractivity contribution in [1.29, 1.82) is 0 Å². The second kappa shape index (κ2) is 9.18. The molecule has 1 saturated heterocycles. The van der Waals surface area contributed by atoms with Gasteiger partial charge in [0, 0.05) is 30.3 Å². The number of aromatic nitrogens is 2. The number of benzene rings is 1. The van der Waals surface area contributed by atoms with Gasteiger partial charge in [-0.25, -0.2) is 13.8 Å². The van der Waals surface area contributed by atoms with Crippen LogP contribution >= 0.6 is 0 Å². The van der Waals surface area contributed by atoms with E-state index < -0.39 is 6.43 Å². The number of aryl methyl sites for hydroxylation is 1. The highest BCUT2D eigenvalue weighted by molar-refractivity contribution is 5.80. The number of nitrogens with zero attached hydrogens (tertiary/aromatic N) is 3. The molecule has 1 aliphatic rings. The van der Waals surface area contributed by atoms with Crippen LogP contribution in [-0.4, -0.2) is 41.8 Å². The van der Waals surface area contributed by atoms with Crippen molar-refractivity contribution in [3.63, 3.8) is 0 Å². The number of hydrogen-bond donors (Lipinski definition) is 0. The molecule has 1 atom stereocenters. The molecular weight excluding hydrogens is 404 g/mol. The Morgan fingerprint density at radius 2 is 2.10 bits per heavy atom. The highest BCUT2D eigenvalue weighted by Gasteiger charge is 2.27. The monoisotopic (exact) mass is 431 g/mol. The van der Waals surface area contributed by atoms with Crippen LogP contribution in [0.3, 0.4) is 0 Å². The molecule has 0 bridgehead atoms. The molecule has 31 heavy (non-hydrogen) atoms. The molecule has 166 valence electrons. The molecule has 8 heteroatoms. The Morgan fingerprint density at radius 3 is 2.84 bits per heavy atom. The number of fused-ring (bicyclic) bond motifs is 1. The van der Waals surface area contributed by atoms with Crippen LogP contribution in [0.25, 0.3) is 11.1 Å². The van der Waals surface area contributed by atoms with Gasteiger partial charge >= 0.3 is 0 Å². The highest BCUT2D eigenvalue weighted by atomic mass is 19.3. The third-order valence-corrected chi connectivity index (χ3v) is 5.76. The second-order valence-electron chi connectivity index (χ2n) is 7.88. The predicted molar refractivity (Wildman–Crippen MR) is 113 cm³/mol. The molecule has 3 aromatic rings. The van der Waals surface area contributed by atoms with Crippen molar-refractivity contribution in [2.24, 2.45) is 0 Å². The summed E-state index contributed by atoms with van der Waals surface area (Å²) in [5.41, 5.74) is 2.35. The molecule has 0 aliphatic carbocycles. The number of ether oxygens (including phenoxy) is 2. The fourth-order valence-corrected chi connectivity index (χ4v) is 4.31. The summed E-state index contributed by atoms with van der Waals surface area (Å²) in [5, 5.41) is 4.16. The van der Waals surface area contributed by atoms with Gasteiger partial charge in [-0.15, -0.1) is 0 Å². The fourth-order valence-electron chi connectivity index (χ4n) is 4.31. The van der Waals surface area contributed by atoms with Crippen molar-refractivity contribution in [2.75, 3.05) is 26.8 Å². The van der Waals surface area contributed by atoms with Crippen LogP contribution in [0.5, 0.6) is 11.5 Å². The Bertz CT molecular complexity index is 1050.